The average molecular weight is 250 g/mol. The highest BCUT2D eigenvalue weighted by atomic mass is 16.5. The minimum atomic E-state index is -0.111. The van der Waals surface area contributed by atoms with Gasteiger partial charge in [0.1, 0.15) is 5.75 Å². The summed E-state index contributed by atoms with van der Waals surface area (Å²) in [4.78, 5) is 13.8. The van der Waals surface area contributed by atoms with Crippen LogP contribution in [0.15, 0.2) is 18.2 Å². The third-order valence-electron chi connectivity index (χ3n) is 2.90. The normalized spacial score (nSPS) is 15.3. The number of morpholine rings is 1. The van der Waals surface area contributed by atoms with Gasteiger partial charge in [0.05, 0.1) is 26.0 Å². The first-order valence-electron chi connectivity index (χ1n) is 5.99. The molecular formula is C13H18N2O3. The molecule has 0 unspecified atom stereocenters. The molecule has 1 N–H and O–H groups in total. The number of anilines is 1. The lowest BCUT2D eigenvalue weighted by Crippen LogP contribution is -2.43. The SMILES string of the molecule is COc1cc(C)ccc1NC(=O)N1CCOCC1. The van der Waals surface area contributed by atoms with Crippen molar-refractivity contribution in [1.29, 1.82) is 0 Å². The van der Waals surface area contributed by atoms with Crippen molar-refractivity contribution in [3.63, 3.8) is 0 Å². The predicted octanol–water partition coefficient (Wildman–Crippen LogP) is 1.87. The van der Waals surface area contributed by atoms with Crippen LogP contribution < -0.4 is 10.1 Å². The fourth-order valence-electron chi connectivity index (χ4n) is 1.86. The van der Waals surface area contributed by atoms with Gasteiger partial charge in [0.25, 0.3) is 0 Å². The number of urea groups is 1. The minimum Gasteiger partial charge on any atom is -0.495 e. The molecule has 1 heterocycles. The smallest absolute Gasteiger partial charge is 0.322 e. The highest BCUT2D eigenvalue weighted by Gasteiger charge is 2.17. The van der Waals surface area contributed by atoms with Crippen LogP contribution in [-0.2, 0) is 4.74 Å². The van der Waals surface area contributed by atoms with E-state index >= 15 is 0 Å². The molecule has 1 saturated heterocycles. The van der Waals surface area contributed by atoms with Gasteiger partial charge in [-0.1, -0.05) is 6.07 Å². The Labute approximate surface area is 107 Å². The highest BCUT2D eigenvalue weighted by molar-refractivity contribution is 5.91. The van der Waals surface area contributed by atoms with E-state index in [4.69, 9.17) is 9.47 Å². The summed E-state index contributed by atoms with van der Waals surface area (Å²) >= 11 is 0. The van der Waals surface area contributed by atoms with Crippen LogP contribution >= 0.6 is 0 Å². The van der Waals surface area contributed by atoms with Crippen molar-refractivity contribution in [1.82, 2.24) is 4.90 Å². The molecule has 0 spiro atoms. The molecule has 0 radical (unpaired) electrons. The fourth-order valence-corrected chi connectivity index (χ4v) is 1.86. The molecule has 1 aromatic rings. The van der Waals surface area contributed by atoms with Crippen LogP contribution in [0.25, 0.3) is 0 Å². The van der Waals surface area contributed by atoms with E-state index in [-0.39, 0.29) is 6.03 Å². The Morgan fingerprint density at radius 1 is 1.39 bits per heavy atom. The largest absolute Gasteiger partial charge is 0.495 e. The number of nitrogens with one attached hydrogen (secondary N) is 1. The molecule has 2 rings (SSSR count). The Bertz CT molecular complexity index is 428. The van der Waals surface area contributed by atoms with Crippen molar-refractivity contribution in [2.75, 3.05) is 38.7 Å². The lowest BCUT2D eigenvalue weighted by molar-refractivity contribution is 0.0564. The predicted molar refractivity (Wildman–Crippen MR) is 69.1 cm³/mol. The fraction of sp³-hybridized carbons (Fsp3) is 0.462. The molecule has 18 heavy (non-hydrogen) atoms. The van der Waals surface area contributed by atoms with Gasteiger partial charge in [-0.05, 0) is 24.6 Å². The number of ether oxygens (including phenoxy) is 2. The molecule has 1 aliphatic rings. The van der Waals surface area contributed by atoms with E-state index in [1.165, 1.54) is 0 Å². The van der Waals surface area contributed by atoms with Gasteiger partial charge in [0.15, 0.2) is 0 Å². The summed E-state index contributed by atoms with van der Waals surface area (Å²) in [7, 11) is 1.60. The number of carbonyl (C=O) groups excluding carboxylic acids is 1. The zero-order chi connectivity index (χ0) is 13.0. The molecule has 0 atom stereocenters. The number of hydrogen-bond donors (Lipinski definition) is 1. The van der Waals surface area contributed by atoms with Gasteiger partial charge < -0.3 is 19.7 Å². The first-order chi connectivity index (χ1) is 8.70. The van der Waals surface area contributed by atoms with Crippen LogP contribution in [0.4, 0.5) is 10.5 Å². The Morgan fingerprint density at radius 3 is 2.78 bits per heavy atom. The monoisotopic (exact) mass is 250 g/mol. The van der Waals surface area contributed by atoms with Crippen molar-refractivity contribution in [3.05, 3.63) is 23.8 Å². The van der Waals surface area contributed by atoms with Crippen LogP contribution in [0, 0.1) is 6.92 Å². The Kier molecular flexibility index (Phi) is 4.04. The second-order valence-electron chi connectivity index (χ2n) is 4.23. The van der Waals surface area contributed by atoms with Gasteiger partial charge in [-0.2, -0.15) is 0 Å². The van der Waals surface area contributed by atoms with Crippen LogP contribution in [0.1, 0.15) is 5.56 Å². The van der Waals surface area contributed by atoms with Gasteiger partial charge in [0, 0.05) is 13.1 Å². The maximum absolute atomic E-state index is 12.0. The number of methoxy groups -OCH3 is 1. The van der Waals surface area contributed by atoms with E-state index in [0.717, 1.165) is 5.56 Å². The number of nitrogens with zero attached hydrogens (tertiary/aromatic N) is 1. The Balaban J connectivity index is 2.06. The van der Waals surface area contributed by atoms with E-state index in [2.05, 4.69) is 5.32 Å². The first-order valence-corrected chi connectivity index (χ1v) is 5.99. The summed E-state index contributed by atoms with van der Waals surface area (Å²) in [6.07, 6.45) is 0. The van der Waals surface area contributed by atoms with Crippen molar-refractivity contribution in [3.8, 4) is 5.75 Å². The second-order valence-corrected chi connectivity index (χ2v) is 4.23. The molecule has 1 fully saturated rings. The van der Waals surface area contributed by atoms with Crippen molar-refractivity contribution < 1.29 is 14.3 Å². The van der Waals surface area contributed by atoms with Crippen molar-refractivity contribution >= 4 is 11.7 Å². The summed E-state index contributed by atoms with van der Waals surface area (Å²) in [5.41, 5.74) is 1.79. The third-order valence-corrected chi connectivity index (χ3v) is 2.90. The number of aryl methyl sites for hydroxylation is 1. The highest BCUT2D eigenvalue weighted by Crippen LogP contribution is 2.25. The molecule has 0 saturated carbocycles. The Hall–Kier alpha value is -1.75. The minimum absolute atomic E-state index is 0.111. The maximum atomic E-state index is 12.0. The maximum Gasteiger partial charge on any atom is 0.322 e. The van der Waals surface area contributed by atoms with Crippen molar-refractivity contribution in [2.24, 2.45) is 0 Å². The number of amides is 2. The third kappa shape index (κ3) is 2.92. The summed E-state index contributed by atoms with van der Waals surface area (Å²) in [6, 6.07) is 5.58. The topological polar surface area (TPSA) is 50.8 Å². The molecule has 0 aliphatic carbocycles. The van der Waals surface area contributed by atoms with Gasteiger partial charge in [-0.15, -0.1) is 0 Å². The van der Waals surface area contributed by atoms with Crippen LogP contribution in [-0.4, -0.2) is 44.3 Å². The Morgan fingerprint density at radius 2 is 2.11 bits per heavy atom. The quantitative estimate of drug-likeness (QED) is 0.871. The summed E-state index contributed by atoms with van der Waals surface area (Å²) < 4.78 is 10.5. The molecular weight excluding hydrogens is 232 g/mol. The van der Waals surface area contributed by atoms with Gasteiger partial charge in [0.2, 0.25) is 0 Å². The van der Waals surface area contributed by atoms with E-state index in [1.54, 1.807) is 12.0 Å². The molecule has 2 amide bonds. The van der Waals surface area contributed by atoms with Crippen LogP contribution in [0.5, 0.6) is 5.75 Å². The van der Waals surface area contributed by atoms with Gasteiger partial charge >= 0.3 is 6.03 Å². The standard InChI is InChI=1S/C13H18N2O3/c1-10-3-4-11(12(9-10)17-2)14-13(16)15-5-7-18-8-6-15/h3-4,9H,5-8H2,1-2H3,(H,14,16). The molecule has 5 nitrogen and oxygen atoms in total. The second kappa shape index (κ2) is 5.73. The van der Waals surface area contributed by atoms with Gasteiger partial charge in [-0.3, -0.25) is 0 Å². The van der Waals surface area contributed by atoms with Gasteiger partial charge in [-0.25, -0.2) is 4.79 Å². The molecule has 1 aromatic carbocycles. The molecule has 98 valence electrons. The number of carbonyl (C=O) groups is 1. The summed E-state index contributed by atoms with van der Waals surface area (Å²) in [6.45, 7) is 4.42. The number of benzene rings is 1. The van der Waals surface area contributed by atoms with E-state index in [1.807, 2.05) is 25.1 Å². The van der Waals surface area contributed by atoms with E-state index < -0.39 is 0 Å². The van der Waals surface area contributed by atoms with E-state index in [0.29, 0.717) is 37.7 Å². The zero-order valence-corrected chi connectivity index (χ0v) is 10.7. The van der Waals surface area contributed by atoms with Crippen molar-refractivity contribution in [2.45, 2.75) is 6.92 Å². The molecule has 1 aliphatic heterocycles. The summed E-state index contributed by atoms with van der Waals surface area (Å²) in [5.74, 6) is 0.677. The first kappa shape index (κ1) is 12.7. The van der Waals surface area contributed by atoms with Crippen LogP contribution in [0.3, 0.4) is 0 Å². The lowest BCUT2D eigenvalue weighted by Gasteiger charge is -2.27. The lowest BCUT2D eigenvalue weighted by atomic mass is 10.2. The van der Waals surface area contributed by atoms with Crippen LogP contribution in [0.2, 0.25) is 0 Å². The molecule has 0 aromatic heterocycles. The molecule has 0 bridgehead atoms. The van der Waals surface area contributed by atoms with E-state index in [9.17, 15) is 4.79 Å². The number of hydrogen-bond acceptors (Lipinski definition) is 3. The average Bonchev–Trinajstić information content (AvgIpc) is 2.41. The summed E-state index contributed by atoms with van der Waals surface area (Å²) in [5, 5.41) is 2.86. The zero-order valence-electron chi connectivity index (χ0n) is 10.7. The molecule has 5 heteroatoms. The number of rotatable bonds is 2.